The number of benzene rings is 1. The fourth-order valence-electron chi connectivity index (χ4n) is 4.02. The standard InChI is InChI=1S/C22H27F3N6O2/c1-16-15-19(28-20(26-16)30-9-3-2-4-10-30)29-11-13-31(14-12-29)21(32)27-17-5-7-18(8-6-17)33-22(23,24)25/h5-8,15H,2-4,9-14H2,1H3,(H,27,32). The van der Waals surface area contributed by atoms with Crippen molar-refractivity contribution in [2.75, 3.05) is 54.4 Å². The summed E-state index contributed by atoms with van der Waals surface area (Å²) < 4.78 is 40.7. The molecule has 0 radical (unpaired) electrons. The maximum absolute atomic E-state index is 12.6. The highest BCUT2D eigenvalue weighted by atomic mass is 19.4. The molecule has 178 valence electrons. The summed E-state index contributed by atoms with van der Waals surface area (Å²) in [5.74, 6) is 1.30. The Morgan fingerprint density at radius 3 is 2.24 bits per heavy atom. The summed E-state index contributed by atoms with van der Waals surface area (Å²) in [4.78, 5) is 28.0. The predicted molar refractivity (Wildman–Crippen MR) is 119 cm³/mol. The van der Waals surface area contributed by atoms with Crippen LogP contribution < -0.4 is 19.9 Å². The molecule has 3 heterocycles. The van der Waals surface area contributed by atoms with E-state index in [4.69, 9.17) is 4.98 Å². The van der Waals surface area contributed by atoms with Crippen molar-refractivity contribution in [1.82, 2.24) is 14.9 Å². The number of carbonyl (C=O) groups excluding carboxylic acids is 1. The summed E-state index contributed by atoms with van der Waals surface area (Å²) in [7, 11) is 0. The van der Waals surface area contributed by atoms with E-state index in [2.05, 4.69) is 24.8 Å². The number of urea groups is 1. The molecule has 0 spiro atoms. The van der Waals surface area contributed by atoms with Crippen LogP contribution >= 0.6 is 0 Å². The number of piperazine rings is 1. The largest absolute Gasteiger partial charge is 0.573 e. The van der Waals surface area contributed by atoms with E-state index in [-0.39, 0.29) is 11.8 Å². The summed E-state index contributed by atoms with van der Waals surface area (Å²) in [5, 5.41) is 2.72. The van der Waals surface area contributed by atoms with Gasteiger partial charge in [0.2, 0.25) is 5.95 Å². The number of hydrogen-bond donors (Lipinski definition) is 1. The molecule has 8 nitrogen and oxygen atoms in total. The second-order valence-electron chi connectivity index (χ2n) is 8.19. The summed E-state index contributed by atoms with van der Waals surface area (Å²) in [6.45, 7) is 6.17. The number of nitrogens with one attached hydrogen (secondary N) is 1. The molecule has 2 fully saturated rings. The first-order valence-corrected chi connectivity index (χ1v) is 11.0. The fourth-order valence-corrected chi connectivity index (χ4v) is 4.02. The maximum Gasteiger partial charge on any atom is 0.573 e. The van der Waals surface area contributed by atoms with Crippen LogP contribution in [0.1, 0.15) is 25.0 Å². The lowest BCUT2D eigenvalue weighted by molar-refractivity contribution is -0.274. The van der Waals surface area contributed by atoms with Crippen molar-refractivity contribution < 1.29 is 22.7 Å². The van der Waals surface area contributed by atoms with Crippen LogP contribution in [0.3, 0.4) is 0 Å². The van der Waals surface area contributed by atoms with Gasteiger partial charge in [0.15, 0.2) is 0 Å². The zero-order valence-corrected chi connectivity index (χ0v) is 18.4. The molecule has 2 aliphatic rings. The van der Waals surface area contributed by atoms with E-state index < -0.39 is 6.36 Å². The SMILES string of the molecule is Cc1cc(N2CCN(C(=O)Nc3ccc(OC(F)(F)F)cc3)CC2)nc(N2CCCCC2)n1. The van der Waals surface area contributed by atoms with E-state index in [0.717, 1.165) is 43.4 Å². The Balaban J connectivity index is 1.32. The van der Waals surface area contributed by atoms with Gasteiger partial charge in [0.05, 0.1) is 0 Å². The van der Waals surface area contributed by atoms with Gasteiger partial charge >= 0.3 is 12.4 Å². The molecule has 1 N–H and O–H groups in total. The number of alkyl halides is 3. The topological polar surface area (TPSA) is 73.8 Å². The number of halogens is 3. The molecule has 0 bridgehead atoms. The fraction of sp³-hybridized carbons (Fsp3) is 0.500. The molecule has 2 aromatic rings. The van der Waals surface area contributed by atoms with Crippen molar-refractivity contribution in [2.45, 2.75) is 32.5 Å². The van der Waals surface area contributed by atoms with E-state index >= 15 is 0 Å². The minimum absolute atomic E-state index is 0.299. The van der Waals surface area contributed by atoms with Gasteiger partial charge in [0.1, 0.15) is 11.6 Å². The highest BCUT2D eigenvalue weighted by Gasteiger charge is 2.31. The maximum atomic E-state index is 12.6. The predicted octanol–water partition coefficient (Wildman–Crippen LogP) is 4.03. The molecule has 11 heteroatoms. The zero-order chi connectivity index (χ0) is 23.4. The van der Waals surface area contributed by atoms with Gasteiger partial charge in [-0.05, 0) is 50.5 Å². The van der Waals surface area contributed by atoms with E-state index in [1.54, 1.807) is 4.90 Å². The second kappa shape index (κ2) is 9.72. The van der Waals surface area contributed by atoms with Gasteiger partial charge in [-0.2, -0.15) is 4.98 Å². The summed E-state index contributed by atoms with van der Waals surface area (Å²) in [5.41, 5.74) is 1.31. The molecule has 1 aromatic heterocycles. The van der Waals surface area contributed by atoms with Crippen LogP contribution in [0.2, 0.25) is 0 Å². The molecule has 2 amide bonds. The van der Waals surface area contributed by atoms with E-state index in [0.29, 0.717) is 31.9 Å². The van der Waals surface area contributed by atoms with Gasteiger partial charge in [0, 0.05) is 56.7 Å². The Morgan fingerprint density at radius 1 is 0.939 bits per heavy atom. The molecule has 0 saturated carbocycles. The molecule has 0 unspecified atom stereocenters. The Hall–Kier alpha value is -3.24. The van der Waals surface area contributed by atoms with E-state index in [9.17, 15) is 18.0 Å². The Kier molecular flexibility index (Phi) is 6.75. The highest BCUT2D eigenvalue weighted by Crippen LogP contribution is 2.25. The number of aromatic nitrogens is 2. The van der Waals surface area contributed by atoms with Crippen LogP contribution in [-0.4, -0.2) is 66.5 Å². The zero-order valence-electron chi connectivity index (χ0n) is 18.4. The Morgan fingerprint density at radius 2 is 1.61 bits per heavy atom. The average molecular weight is 464 g/mol. The molecular weight excluding hydrogens is 437 g/mol. The quantitative estimate of drug-likeness (QED) is 0.737. The molecule has 0 atom stereocenters. The van der Waals surface area contributed by atoms with Crippen molar-refractivity contribution in [3.8, 4) is 5.75 Å². The van der Waals surface area contributed by atoms with Crippen LogP contribution in [-0.2, 0) is 0 Å². The smallest absolute Gasteiger partial charge is 0.406 e. The van der Waals surface area contributed by atoms with Crippen LogP contribution in [0.5, 0.6) is 5.75 Å². The molecule has 33 heavy (non-hydrogen) atoms. The number of carbonyl (C=O) groups is 1. The van der Waals surface area contributed by atoms with Crippen molar-refractivity contribution in [1.29, 1.82) is 0 Å². The summed E-state index contributed by atoms with van der Waals surface area (Å²) in [6.07, 6.45) is -1.21. The molecule has 1 aromatic carbocycles. The molecule has 0 aliphatic carbocycles. The minimum atomic E-state index is -4.75. The van der Waals surface area contributed by atoms with Crippen molar-refractivity contribution in [3.05, 3.63) is 36.0 Å². The number of rotatable bonds is 4. The molecule has 4 rings (SSSR count). The van der Waals surface area contributed by atoms with Crippen LogP contribution in [0.25, 0.3) is 0 Å². The number of anilines is 3. The summed E-state index contributed by atoms with van der Waals surface area (Å²) in [6, 6.07) is 6.75. The lowest BCUT2D eigenvalue weighted by Gasteiger charge is -2.36. The lowest BCUT2D eigenvalue weighted by Crippen LogP contribution is -2.50. The third-order valence-electron chi connectivity index (χ3n) is 5.70. The third-order valence-corrected chi connectivity index (χ3v) is 5.70. The molecular formula is C22H27F3N6O2. The van der Waals surface area contributed by atoms with Crippen LogP contribution in [0.15, 0.2) is 30.3 Å². The number of hydrogen-bond acceptors (Lipinski definition) is 6. The van der Waals surface area contributed by atoms with Gasteiger partial charge in [-0.1, -0.05) is 0 Å². The molecule has 2 aliphatic heterocycles. The number of amides is 2. The van der Waals surface area contributed by atoms with Crippen LogP contribution in [0, 0.1) is 6.92 Å². The van der Waals surface area contributed by atoms with Crippen LogP contribution in [0.4, 0.5) is 35.4 Å². The van der Waals surface area contributed by atoms with Gasteiger partial charge in [-0.15, -0.1) is 13.2 Å². The van der Waals surface area contributed by atoms with Crippen molar-refractivity contribution in [2.24, 2.45) is 0 Å². The number of aryl methyl sites for hydroxylation is 1. The lowest BCUT2D eigenvalue weighted by atomic mass is 10.1. The monoisotopic (exact) mass is 464 g/mol. The van der Waals surface area contributed by atoms with Gasteiger partial charge < -0.3 is 24.8 Å². The van der Waals surface area contributed by atoms with Crippen molar-refractivity contribution in [3.63, 3.8) is 0 Å². The number of ether oxygens (including phenoxy) is 1. The number of nitrogens with zero attached hydrogens (tertiary/aromatic N) is 5. The highest BCUT2D eigenvalue weighted by molar-refractivity contribution is 5.89. The minimum Gasteiger partial charge on any atom is -0.406 e. The van der Waals surface area contributed by atoms with Gasteiger partial charge in [-0.25, -0.2) is 9.78 Å². The Bertz CT molecular complexity index is 956. The first-order valence-electron chi connectivity index (χ1n) is 11.0. The third kappa shape index (κ3) is 6.17. The normalized spacial score (nSPS) is 17.2. The van der Waals surface area contributed by atoms with Crippen molar-refractivity contribution >= 4 is 23.5 Å². The average Bonchev–Trinajstić information content (AvgIpc) is 2.80. The van der Waals surface area contributed by atoms with E-state index in [1.165, 1.54) is 30.7 Å². The van der Waals surface area contributed by atoms with Gasteiger partial charge in [0.25, 0.3) is 0 Å². The second-order valence-corrected chi connectivity index (χ2v) is 8.19. The Labute approximate surface area is 190 Å². The number of piperidine rings is 1. The summed E-state index contributed by atoms with van der Waals surface area (Å²) >= 11 is 0. The first kappa shape index (κ1) is 22.9. The van der Waals surface area contributed by atoms with Gasteiger partial charge in [-0.3, -0.25) is 0 Å². The molecule has 2 saturated heterocycles. The first-order chi connectivity index (χ1) is 15.8. The van der Waals surface area contributed by atoms with E-state index in [1.807, 2.05) is 13.0 Å².